The number of benzene rings is 1. The number of aromatic nitrogens is 1. The third kappa shape index (κ3) is 2.60. The van der Waals surface area contributed by atoms with Crippen LogP contribution < -0.4 is 11.1 Å². The highest BCUT2D eigenvalue weighted by Crippen LogP contribution is 2.26. The zero-order chi connectivity index (χ0) is 13.1. The molecule has 1 heterocycles. The first-order valence-electron chi connectivity index (χ1n) is 5.07. The van der Waals surface area contributed by atoms with E-state index >= 15 is 0 Å². The van der Waals surface area contributed by atoms with Crippen molar-refractivity contribution < 1.29 is 9.90 Å². The minimum atomic E-state index is -1.05. The number of carboxylic acid groups (broad SMARTS) is 1. The second-order valence-electron chi connectivity index (χ2n) is 3.59. The smallest absolute Gasteiger partial charge is 0.337 e. The molecular weight excluding hydrogens is 298 g/mol. The molecule has 6 heteroatoms. The second kappa shape index (κ2) is 5.05. The summed E-state index contributed by atoms with van der Waals surface area (Å²) in [6.45, 7) is 0. The highest BCUT2D eigenvalue weighted by atomic mass is 79.9. The second-order valence-corrected chi connectivity index (χ2v) is 4.50. The molecule has 0 bridgehead atoms. The van der Waals surface area contributed by atoms with Crippen LogP contribution in [0.1, 0.15) is 10.4 Å². The molecule has 18 heavy (non-hydrogen) atoms. The number of aromatic carboxylic acids is 1. The van der Waals surface area contributed by atoms with E-state index in [4.69, 9.17) is 10.8 Å². The molecule has 0 saturated heterocycles. The first kappa shape index (κ1) is 12.4. The fourth-order valence-electron chi connectivity index (χ4n) is 1.50. The number of nitrogen functional groups attached to an aromatic ring is 1. The van der Waals surface area contributed by atoms with Crippen molar-refractivity contribution in [1.29, 1.82) is 0 Å². The van der Waals surface area contributed by atoms with Crippen LogP contribution in [0.5, 0.6) is 0 Å². The van der Waals surface area contributed by atoms with Gasteiger partial charge in [-0.15, -0.1) is 0 Å². The average molecular weight is 308 g/mol. The Bertz CT molecular complexity index is 602. The van der Waals surface area contributed by atoms with Gasteiger partial charge >= 0.3 is 5.97 Å². The highest BCUT2D eigenvalue weighted by Gasteiger charge is 2.11. The Hall–Kier alpha value is -2.08. The van der Waals surface area contributed by atoms with Crippen LogP contribution in [0, 0.1) is 0 Å². The number of anilines is 3. The third-order valence-corrected chi connectivity index (χ3v) is 2.75. The van der Waals surface area contributed by atoms with Crippen LogP contribution in [0.25, 0.3) is 0 Å². The summed E-state index contributed by atoms with van der Waals surface area (Å²) in [5, 5.41) is 12.0. The van der Waals surface area contributed by atoms with Crippen molar-refractivity contribution in [2.24, 2.45) is 0 Å². The molecule has 1 aromatic heterocycles. The molecule has 0 spiro atoms. The van der Waals surface area contributed by atoms with Gasteiger partial charge in [0.05, 0.1) is 28.8 Å². The van der Waals surface area contributed by atoms with Crippen LogP contribution in [0.4, 0.5) is 17.1 Å². The Morgan fingerprint density at radius 1 is 1.39 bits per heavy atom. The summed E-state index contributed by atoms with van der Waals surface area (Å²) in [5.74, 6) is -1.05. The van der Waals surface area contributed by atoms with Crippen LogP contribution in [-0.4, -0.2) is 16.1 Å². The van der Waals surface area contributed by atoms with Gasteiger partial charge in [0.2, 0.25) is 0 Å². The van der Waals surface area contributed by atoms with Gasteiger partial charge in [0.1, 0.15) is 0 Å². The van der Waals surface area contributed by atoms with Gasteiger partial charge in [-0.3, -0.25) is 4.98 Å². The SMILES string of the molecule is Nc1c(Nc2cncc(Br)c2)cccc1C(=O)O. The molecule has 0 amide bonds. The topological polar surface area (TPSA) is 88.2 Å². The van der Waals surface area contributed by atoms with E-state index in [2.05, 4.69) is 26.2 Å². The number of hydrogen-bond acceptors (Lipinski definition) is 4. The summed E-state index contributed by atoms with van der Waals surface area (Å²) in [6, 6.07) is 6.62. The monoisotopic (exact) mass is 307 g/mol. The molecule has 0 fully saturated rings. The van der Waals surface area contributed by atoms with E-state index in [1.807, 2.05) is 6.07 Å². The lowest BCUT2D eigenvalue weighted by atomic mass is 10.1. The van der Waals surface area contributed by atoms with Crippen LogP contribution in [0.15, 0.2) is 41.1 Å². The third-order valence-electron chi connectivity index (χ3n) is 2.32. The summed E-state index contributed by atoms with van der Waals surface area (Å²) in [7, 11) is 0. The van der Waals surface area contributed by atoms with E-state index in [9.17, 15) is 4.79 Å². The number of para-hydroxylation sites is 1. The van der Waals surface area contributed by atoms with Gasteiger partial charge in [0, 0.05) is 10.7 Å². The lowest BCUT2D eigenvalue weighted by molar-refractivity contribution is 0.0698. The number of carboxylic acids is 1. The van der Waals surface area contributed by atoms with Gasteiger partial charge in [-0.05, 0) is 34.1 Å². The fourth-order valence-corrected chi connectivity index (χ4v) is 1.86. The van der Waals surface area contributed by atoms with E-state index in [1.54, 1.807) is 24.5 Å². The summed E-state index contributed by atoms with van der Waals surface area (Å²) in [6.07, 6.45) is 3.28. The summed E-state index contributed by atoms with van der Waals surface area (Å²) >= 11 is 3.30. The van der Waals surface area contributed by atoms with Gasteiger partial charge in [-0.25, -0.2) is 4.79 Å². The Balaban J connectivity index is 2.35. The normalized spacial score (nSPS) is 10.1. The van der Waals surface area contributed by atoms with Crippen molar-refractivity contribution in [3.63, 3.8) is 0 Å². The number of rotatable bonds is 3. The Morgan fingerprint density at radius 3 is 2.83 bits per heavy atom. The number of nitrogens with zero attached hydrogens (tertiary/aromatic N) is 1. The highest BCUT2D eigenvalue weighted by molar-refractivity contribution is 9.10. The lowest BCUT2D eigenvalue weighted by Gasteiger charge is -2.10. The van der Waals surface area contributed by atoms with Crippen molar-refractivity contribution in [2.75, 3.05) is 11.1 Å². The first-order valence-corrected chi connectivity index (χ1v) is 5.86. The minimum Gasteiger partial charge on any atom is -0.478 e. The minimum absolute atomic E-state index is 0.0722. The van der Waals surface area contributed by atoms with Crippen LogP contribution in [0.3, 0.4) is 0 Å². The molecular formula is C12H10BrN3O2. The van der Waals surface area contributed by atoms with E-state index in [0.717, 1.165) is 10.2 Å². The number of carbonyl (C=O) groups is 1. The van der Waals surface area contributed by atoms with Crippen molar-refractivity contribution in [3.05, 3.63) is 46.7 Å². The molecule has 5 nitrogen and oxygen atoms in total. The van der Waals surface area contributed by atoms with Crippen molar-refractivity contribution in [1.82, 2.24) is 4.98 Å². The Morgan fingerprint density at radius 2 is 2.17 bits per heavy atom. The van der Waals surface area contributed by atoms with Gasteiger partial charge < -0.3 is 16.2 Å². The van der Waals surface area contributed by atoms with Crippen LogP contribution in [-0.2, 0) is 0 Å². The summed E-state index contributed by atoms with van der Waals surface area (Å²) in [5.41, 5.74) is 7.32. The molecule has 92 valence electrons. The van der Waals surface area contributed by atoms with E-state index < -0.39 is 5.97 Å². The standard InChI is InChI=1S/C12H10BrN3O2/c13-7-4-8(6-15-5-7)16-10-3-1-2-9(11(10)14)12(17)18/h1-6,16H,14H2,(H,17,18). The molecule has 2 rings (SSSR count). The van der Waals surface area contributed by atoms with Crippen molar-refractivity contribution in [3.8, 4) is 0 Å². The molecule has 0 saturated carbocycles. The summed E-state index contributed by atoms with van der Waals surface area (Å²) < 4.78 is 0.820. The van der Waals surface area contributed by atoms with Gasteiger partial charge in [0.15, 0.2) is 0 Å². The van der Waals surface area contributed by atoms with Crippen molar-refractivity contribution in [2.45, 2.75) is 0 Å². The molecule has 0 aliphatic heterocycles. The molecule has 0 aliphatic carbocycles. The number of nitrogens with one attached hydrogen (secondary N) is 1. The number of hydrogen-bond donors (Lipinski definition) is 3. The maximum Gasteiger partial charge on any atom is 0.337 e. The quantitative estimate of drug-likeness (QED) is 0.759. The molecule has 2 aromatic rings. The largest absolute Gasteiger partial charge is 0.478 e. The van der Waals surface area contributed by atoms with E-state index in [0.29, 0.717) is 5.69 Å². The predicted molar refractivity (Wildman–Crippen MR) is 73.0 cm³/mol. The van der Waals surface area contributed by atoms with Gasteiger partial charge in [-0.2, -0.15) is 0 Å². The van der Waals surface area contributed by atoms with Gasteiger partial charge in [-0.1, -0.05) is 6.07 Å². The molecule has 0 atom stereocenters. The van der Waals surface area contributed by atoms with Crippen molar-refractivity contribution >= 4 is 39.0 Å². The van der Waals surface area contributed by atoms with E-state index in [-0.39, 0.29) is 11.3 Å². The fraction of sp³-hybridized carbons (Fsp3) is 0. The summed E-state index contributed by atoms with van der Waals surface area (Å²) in [4.78, 5) is 15.0. The van der Waals surface area contributed by atoms with Crippen LogP contribution in [0.2, 0.25) is 0 Å². The number of pyridine rings is 1. The van der Waals surface area contributed by atoms with Gasteiger partial charge in [0.25, 0.3) is 0 Å². The predicted octanol–water partition coefficient (Wildman–Crippen LogP) is 2.87. The number of nitrogens with two attached hydrogens (primary N) is 1. The molecule has 0 radical (unpaired) electrons. The van der Waals surface area contributed by atoms with E-state index in [1.165, 1.54) is 6.07 Å². The van der Waals surface area contributed by atoms with Crippen LogP contribution >= 0.6 is 15.9 Å². The zero-order valence-corrected chi connectivity index (χ0v) is 10.8. The Kier molecular flexibility index (Phi) is 3.47. The zero-order valence-electron chi connectivity index (χ0n) is 9.22. The maximum absolute atomic E-state index is 11.0. The Labute approximate surface area is 112 Å². The number of halogens is 1. The first-order chi connectivity index (χ1) is 8.58. The maximum atomic E-state index is 11.0. The molecule has 0 unspecified atom stereocenters. The molecule has 1 aromatic carbocycles. The molecule has 4 N–H and O–H groups in total. The molecule has 0 aliphatic rings. The lowest BCUT2D eigenvalue weighted by Crippen LogP contribution is -2.05. The average Bonchev–Trinajstić information content (AvgIpc) is 2.31.